The third-order valence-electron chi connectivity index (χ3n) is 5.25. The number of benzene rings is 2. The second kappa shape index (κ2) is 7.28. The van der Waals surface area contributed by atoms with Crippen LogP contribution in [0.4, 0.5) is 11.4 Å². The first-order chi connectivity index (χ1) is 13.8. The maximum Gasteiger partial charge on any atom is 0.0694 e. The molecule has 0 fully saturated rings. The molecule has 1 aromatic heterocycles. The summed E-state index contributed by atoms with van der Waals surface area (Å²) in [5.74, 6) is 0. The minimum absolute atomic E-state index is 0.892. The number of hydrogen-bond acceptors (Lipinski definition) is 4. The fraction of sp³-hybridized carbons (Fsp3) is 0.167. The van der Waals surface area contributed by atoms with Crippen LogP contribution in [0.1, 0.15) is 24.0 Å². The summed E-state index contributed by atoms with van der Waals surface area (Å²) in [5.41, 5.74) is 7.25. The van der Waals surface area contributed by atoms with Crippen molar-refractivity contribution in [3.05, 3.63) is 83.7 Å². The number of hydrogen-bond donors (Lipinski definition) is 0. The number of aromatic nitrogens is 1. The van der Waals surface area contributed by atoms with Crippen molar-refractivity contribution >= 4 is 34.9 Å². The number of nitrogens with zero attached hydrogens (tertiary/aromatic N) is 3. The predicted molar refractivity (Wildman–Crippen MR) is 118 cm³/mol. The summed E-state index contributed by atoms with van der Waals surface area (Å²) >= 11 is 1.85. The maximum atomic E-state index is 4.80. The monoisotopic (exact) mass is 383 g/mol. The van der Waals surface area contributed by atoms with Gasteiger partial charge in [-0.1, -0.05) is 30.0 Å². The Morgan fingerprint density at radius 3 is 2.79 bits per heavy atom. The van der Waals surface area contributed by atoms with Gasteiger partial charge in [-0.3, -0.25) is 9.98 Å². The minimum atomic E-state index is 0.892. The molecule has 0 bridgehead atoms. The first kappa shape index (κ1) is 17.3. The SMILES string of the molecule is CN1c2ccccc2Sc2cc(/C=C3\CCCN=C3c3cccnc3)ccc21. The van der Waals surface area contributed by atoms with Gasteiger partial charge in [0.1, 0.15) is 0 Å². The molecule has 0 spiro atoms. The van der Waals surface area contributed by atoms with Gasteiger partial charge in [-0.2, -0.15) is 0 Å². The highest BCUT2D eigenvalue weighted by Gasteiger charge is 2.20. The van der Waals surface area contributed by atoms with Crippen molar-refractivity contribution in [2.24, 2.45) is 4.99 Å². The van der Waals surface area contributed by atoms with E-state index in [4.69, 9.17) is 4.99 Å². The number of aliphatic imine (C=N–C) groups is 1. The van der Waals surface area contributed by atoms with Gasteiger partial charge in [-0.25, -0.2) is 0 Å². The van der Waals surface area contributed by atoms with Crippen molar-refractivity contribution in [3.8, 4) is 0 Å². The Labute approximate surface area is 169 Å². The van der Waals surface area contributed by atoms with Crippen LogP contribution in [0, 0.1) is 0 Å². The van der Waals surface area contributed by atoms with Crippen LogP contribution in [-0.2, 0) is 0 Å². The lowest BCUT2D eigenvalue weighted by Crippen LogP contribution is -2.14. The van der Waals surface area contributed by atoms with E-state index in [0.29, 0.717) is 0 Å². The van der Waals surface area contributed by atoms with Crippen molar-refractivity contribution in [1.82, 2.24) is 4.98 Å². The quantitative estimate of drug-likeness (QED) is 0.545. The second-order valence-electron chi connectivity index (χ2n) is 7.10. The van der Waals surface area contributed by atoms with Gasteiger partial charge in [0.15, 0.2) is 0 Å². The Morgan fingerprint density at radius 1 is 1.00 bits per heavy atom. The Hall–Kier alpha value is -2.85. The molecule has 0 saturated heterocycles. The van der Waals surface area contributed by atoms with Crippen LogP contribution in [0.25, 0.3) is 6.08 Å². The van der Waals surface area contributed by atoms with Crippen LogP contribution >= 0.6 is 11.8 Å². The van der Waals surface area contributed by atoms with E-state index < -0.39 is 0 Å². The van der Waals surface area contributed by atoms with Crippen molar-refractivity contribution < 1.29 is 0 Å². The van der Waals surface area contributed by atoms with E-state index in [1.165, 1.54) is 32.3 Å². The molecular formula is C24H21N3S. The average Bonchev–Trinajstić information content (AvgIpc) is 2.75. The minimum Gasteiger partial charge on any atom is -0.343 e. The van der Waals surface area contributed by atoms with E-state index >= 15 is 0 Å². The largest absolute Gasteiger partial charge is 0.343 e. The third kappa shape index (κ3) is 3.14. The molecule has 2 aromatic carbocycles. The second-order valence-corrected chi connectivity index (χ2v) is 8.18. The van der Waals surface area contributed by atoms with Crippen LogP contribution in [0.2, 0.25) is 0 Å². The molecule has 4 heteroatoms. The molecule has 0 unspecified atom stereocenters. The highest BCUT2D eigenvalue weighted by molar-refractivity contribution is 7.99. The molecule has 138 valence electrons. The number of fused-ring (bicyclic) bond motifs is 2. The van der Waals surface area contributed by atoms with Gasteiger partial charge in [0.05, 0.1) is 17.1 Å². The van der Waals surface area contributed by atoms with E-state index in [1.54, 1.807) is 0 Å². The van der Waals surface area contributed by atoms with Crippen molar-refractivity contribution in [1.29, 1.82) is 0 Å². The molecular weight excluding hydrogens is 362 g/mol. The predicted octanol–water partition coefficient (Wildman–Crippen LogP) is 5.98. The molecule has 0 saturated carbocycles. The van der Waals surface area contributed by atoms with Gasteiger partial charge in [-0.05, 0) is 66.5 Å². The van der Waals surface area contributed by atoms with Crippen molar-refractivity contribution in [2.45, 2.75) is 22.6 Å². The van der Waals surface area contributed by atoms with E-state index in [-0.39, 0.29) is 0 Å². The summed E-state index contributed by atoms with van der Waals surface area (Å²) < 4.78 is 0. The normalized spacial score (nSPS) is 17.1. The summed E-state index contributed by atoms with van der Waals surface area (Å²) in [5, 5.41) is 0. The molecule has 2 aliphatic heterocycles. The number of anilines is 2. The summed E-state index contributed by atoms with van der Waals surface area (Å²) in [6.45, 7) is 0.892. The maximum absolute atomic E-state index is 4.80. The lowest BCUT2D eigenvalue weighted by atomic mass is 9.95. The van der Waals surface area contributed by atoms with Crippen LogP contribution in [0.5, 0.6) is 0 Å². The molecule has 28 heavy (non-hydrogen) atoms. The smallest absolute Gasteiger partial charge is 0.0694 e. The zero-order valence-corrected chi connectivity index (χ0v) is 16.6. The first-order valence-corrected chi connectivity index (χ1v) is 10.4. The summed E-state index contributed by atoms with van der Waals surface area (Å²) in [6, 6.07) is 19.4. The average molecular weight is 384 g/mol. The Balaban J connectivity index is 1.51. The van der Waals surface area contributed by atoms with Gasteiger partial charge in [0.25, 0.3) is 0 Å². The molecule has 0 atom stereocenters. The van der Waals surface area contributed by atoms with Crippen LogP contribution in [0.15, 0.2) is 87.3 Å². The van der Waals surface area contributed by atoms with E-state index in [2.05, 4.69) is 71.5 Å². The van der Waals surface area contributed by atoms with E-state index in [1.807, 2.05) is 30.2 Å². The van der Waals surface area contributed by atoms with Gasteiger partial charge in [-0.15, -0.1) is 0 Å². The topological polar surface area (TPSA) is 28.5 Å². The number of allylic oxidation sites excluding steroid dienone is 1. The zero-order chi connectivity index (χ0) is 18.9. The molecule has 0 amide bonds. The van der Waals surface area contributed by atoms with Gasteiger partial charge >= 0.3 is 0 Å². The number of para-hydroxylation sites is 1. The standard InChI is InChI=1S/C24H21N3S/c1-27-20-8-2-3-9-22(20)28-23-15-17(10-11-21(23)27)14-18-6-5-13-26-24(18)19-7-4-12-25-16-19/h2-4,7-12,14-16H,5-6,13H2,1H3/b18-14+. The van der Waals surface area contributed by atoms with Gasteiger partial charge < -0.3 is 4.90 Å². The van der Waals surface area contributed by atoms with Gasteiger partial charge in [0, 0.05) is 41.3 Å². The zero-order valence-electron chi connectivity index (χ0n) is 15.8. The van der Waals surface area contributed by atoms with Crippen LogP contribution in [0.3, 0.4) is 0 Å². The molecule has 5 rings (SSSR count). The van der Waals surface area contributed by atoms with Crippen molar-refractivity contribution in [2.75, 3.05) is 18.5 Å². The summed E-state index contributed by atoms with van der Waals surface area (Å²) in [7, 11) is 2.14. The highest BCUT2D eigenvalue weighted by atomic mass is 32.2. The summed E-state index contributed by atoms with van der Waals surface area (Å²) in [4.78, 5) is 14.0. The molecule has 0 aliphatic carbocycles. The highest BCUT2D eigenvalue weighted by Crippen LogP contribution is 2.47. The molecule has 3 nitrogen and oxygen atoms in total. The van der Waals surface area contributed by atoms with E-state index in [9.17, 15) is 0 Å². The molecule has 0 N–H and O–H groups in total. The Bertz CT molecular complexity index is 1090. The third-order valence-corrected chi connectivity index (χ3v) is 6.36. The molecule has 2 aliphatic rings. The molecule has 3 aromatic rings. The fourth-order valence-corrected chi connectivity index (χ4v) is 5.05. The number of rotatable bonds is 2. The summed E-state index contributed by atoms with van der Waals surface area (Å²) in [6.07, 6.45) is 8.18. The fourth-order valence-electron chi connectivity index (χ4n) is 3.85. The lowest BCUT2D eigenvalue weighted by molar-refractivity contribution is 0.818. The molecule has 0 radical (unpaired) electrons. The van der Waals surface area contributed by atoms with E-state index in [0.717, 1.165) is 30.7 Å². The Kier molecular flexibility index (Phi) is 4.49. The van der Waals surface area contributed by atoms with Gasteiger partial charge in [0.2, 0.25) is 0 Å². The molecule has 3 heterocycles. The lowest BCUT2D eigenvalue weighted by Gasteiger charge is -2.29. The Morgan fingerprint density at radius 2 is 1.89 bits per heavy atom. The van der Waals surface area contributed by atoms with Crippen molar-refractivity contribution in [3.63, 3.8) is 0 Å². The van der Waals surface area contributed by atoms with Crippen LogP contribution < -0.4 is 4.90 Å². The number of pyridine rings is 1. The first-order valence-electron chi connectivity index (χ1n) is 9.60. The van der Waals surface area contributed by atoms with Crippen LogP contribution in [-0.4, -0.2) is 24.3 Å².